The van der Waals surface area contributed by atoms with Crippen molar-refractivity contribution in [3.63, 3.8) is 0 Å². The third-order valence-electron chi connectivity index (χ3n) is 2.64. The predicted molar refractivity (Wildman–Crippen MR) is 68.4 cm³/mol. The van der Waals surface area contributed by atoms with Gasteiger partial charge in [-0.1, -0.05) is 18.2 Å². The van der Waals surface area contributed by atoms with Crippen LogP contribution in [0, 0.1) is 5.95 Å². The highest BCUT2D eigenvalue weighted by Gasteiger charge is 2.12. The maximum Gasteiger partial charge on any atom is 0.256 e. The number of methoxy groups -OCH3 is 1. The van der Waals surface area contributed by atoms with E-state index in [1.165, 1.54) is 18.3 Å². The molecular formula is C14H13FN2O2. The van der Waals surface area contributed by atoms with E-state index in [2.05, 4.69) is 10.3 Å². The number of benzene rings is 1. The van der Waals surface area contributed by atoms with Crippen LogP contribution in [0.3, 0.4) is 0 Å². The van der Waals surface area contributed by atoms with Crippen LogP contribution in [-0.4, -0.2) is 18.0 Å². The third-order valence-corrected chi connectivity index (χ3v) is 2.64. The van der Waals surface area contributed by atoms with Gasteiger partial charge in [-0.25, -0.2) is 4.98 Å². The molecule has 98 valence electrons. The Morgan fingerprint density at radius 2 is 2.11 bits per heavy atom. The zero-order valence-electron chi connectivity index (χ0n) is 10.4. The maximum absolute atomic E-state index is 13.3. The third kappa shape index (κ3) is 3.07. The van der Waals surface area contributed by atoms with E-state index in [4.69, 9.17) is 4.74 Å². The number of carbonyl (C=O) groups is 1. The molecule has 0 radical (unpaired) electrons. The smallest absolute Gasteiger partial charge is 0.256 e. The SMILES string of the molecule is COc1ccccc1CNC(=O)c1cccnc1F. The van der Waals surface area contributed by atoms with Gasteiger partial charge in [-0.2, -0.15) is 4.39 Å². The number of pyridine rings is 1. The Bertz CT molecular complexity index is 587. The van der Waals surface area contributed by atoms with Gasteiger partial charge < -0.3 is 10.1 Å². The van der Waals surface area contributed by atoms with Gasteiger partial charge in [0.25, 0.3) is 5.91 Å². The highest BCUT2D eigenvalue weighted by atomic mass is 19.1. The van der Waals surface area contributed by atoms with Crippen molar-refractivity contribution in [3.8, 4) is 5.75 Å². The molecular weight excluding hydrogens is 247 g/mol. The summed E-state index contributed by atoms with van der Waals surface area (Å²) in [4.78, 5) is 15.2. The van der Waals surface area contributed by atoms with Crippen LogP contribution in [0.2, 0.25) is 0 Å². The van der Waals surface area contributed by atoms with Gasteiger partial charge in [0.15, 0.2) is 0 Å². The Hall–Kier alpha value is -2.43. The number of ether oxygens (including phenoxy) is 1. The molecule has 1 heterocycles. The van der Waals surface area contributed by atoms with Crippen molar-refractivity contribution in [2.75, 3.05) is 7.11 Å². The first-order chi connectivity index (χ1) is 9.22. The van der Waals surface area contributed by atoms with Gasteiger partial charge in [-0.3, -0.25) is 4.79 Å². The van der Waals surface area contributed by atoms with E-state index in [0.717, 1.165) is 5.56 Å². The molecule has 4 nitrogen and oxygen atoms in total. The van der Waals surface area contributed by atoms with Crippen LogP contribution in [0.1, 0.15) is 15.9 Å². The zero-order valence-corrected chi connectivity index (χ0v) is 10.4. The monoisotopic (exact) mass is 260 g/mol. The lowest BCUT2D eigenvalue weighted by Gasteiger charge is -2.09. The van der Waals surface area contributed by atoms with Gasteiger partial charge in [0.1, 0.15) is 5.75 Å². The van der Waals surface area contributed by atoms with E-state index in [-0.39, 0.29) is 12.1 Å². The van der Waals surface area contributed by atoms with Gasteiger partial charge >= 0.3 is 0 Å². The maximum atomic E-state index is 13.3. The molecule has 0 unspecified atom stereocenters. The number of rotatable bonds is 4. The van der Waals surface area contributed by atoms with Crippen LogP contribution in [0.4, 0.5) is 4.39 Å². The number of hydrogen-bond acceptors (Lipinski definition) is 3. The van der Waals surface area contributed by atoms with Crippen LogP contribution in [0.15, 0.2) is 42.6 Å². The standard InChI is InChI=1S/C14H13FN2O2/c1-19-12-7-3-2-5-10(12)9-17-14(18)11-6-4-8-16-13(11)15/h2-8H,9H2,1H3,(H,17,18). The number of aromatic nitrogens is 1. The summed E-state index contributed by atoms with van der Waals surface area (Å²) in [5, 5.41) is 2.63. The van der Waals surface area contributed by atoms with E-state index in [9.17, 15) is 9.18 Å². The van der Waals surface area contributed by atoms with Crippen LogP contribution >= 0.6 is 0 Å². The summed E-state index contributed by atoms with van der Waals surface area (Å²) >= 11 is 0. The molecule has 0 saturated heterocycles. The first kappa shape index (κ1) is 13.0. The highest BCUT2D eigenvalue weighted by molar-refractivity contribution is 5.94. The van der Waals surface area contributed by atoms with Gasteiger partial charge in [0.2, 0.25) is 5.95 Å². The predicted octanol–water partition coefficient (Wildman–Crippen LogP) is 2.16. The summed E-state index contributed by atoms with van der Waals surface area (Å²) in [7, 11) is 1.56. The fourth-order valence-corrected chi connectivity index (χ4v) is 1.68. The molecule has 0 aliphatic carbocycles. The molecule has 1 aromatic carbocycles. The van der Waals surface area contributed by atoms with Gasteiger partial charge in [0, 0.05) is 18.3 Å². The normalized spacial score (nSPS) is 10.0. The second-order valence-electron chi connectivity index (χ2n) is 3.84. The molecule has 2 aromatic rings. The molecule has 0 saturated carbocycles. The molecule has 19 heavy (non-hydrogen) atoms. The minimum absolute atomic E-state index is 0.0719. The Morgan fingerprint density at radius 1 is 1.32 bits per heavy atom. The average molecular weight is 260 g/mol. The van der Waals surface area contributed by atoms with E-state index >= 15 is 0 Å². The van der Waals surface area contributed by atoms with E-state index in [1.54, 1.807) is 13.2 Å². The Morgan fingerprint density at radius 3 is 2.84 bits per heavy atom. The molecule has 0 aliphatic rings. The topological polar surface area (TPSA) is 51.2 Å². The van der Waals surface area contributed by atoms with E-state index in [1.807, 2.05) is 18.2 Å². The molecule has 0 aliphatic heterocycles. The van der Waals surface area contributed by atoms with Crippen molar-refractivity contribution < 1.29 is 13.9 Å². The molecule has 1 N–H and O–H groups in total. The average Bonchev–Trinajstić information content (AvgIpc) is 2.45. The van der Waals surface area contributed by atoms with Crippen molar-refractivity contribution in [2.24, 2.45) is 0 Å². The Balaban J connectivity index is 2.07. The molecule has 1 amide bonds. The molecule has 0 atom stereocenters. The lowest BCUT2D eigenvalue weighted by Crippen LogP contribution is -2.24. The van der Waals surface area contributed by atoms with Crippen LogP contribution in [0.5, 0.6) is 5.75 Å². The first-order valence-electron chi connectivity index (χ1n) is 5.73. The van der Waals surface area contributed by atoms with Crippen molar-refractivity contribution >= 4 is 5.91 Å². The van der Waals surface area contributed by atoms with Crippen molar-refractivity contribution in [2.45, 2.75) is 6.54 Å². The summed E-state index contributed by atoms with van der Waals surface area (Å²) < 4.78 is 18.5. The summed E-state index contributed by atoms with van der Waals surface area (Å²) in [5.41, 5.74) is 0.750. The number of carbonyl (C=O) groups excluding carboxylic acids is 1. The lowest BCUT2D eigenvalue weighted by molar-refractivity contribution is 0.0945. The van der Waals surface area contributed by atoms with Crippen molar-refractivity contribution in [1.82, 2.24) is 10.3 Å². The summed E-state index contributed by atoms with van der Waals surface area (Å²) in [6.45, 7) is 0.261. The molecule has 0 spiro atoms. The number of amides is 1. The van der Waals surface area contributed by atoms with Gasteiger partial charge in [0.05, 0.1) is 12.7 Å². The van der Waals surface area contributed by atoms with Gasteiger partial charge in [-0.15, -0.1) is 0 Å². The van der Waals surface area contributed by atoms with Crippen molar-refractivity contribution in [1.29, 1.82) is 0 Å². The summed E-state index contributed by atoms with van der Waals surface area (Å²) in [6, 6.07) is 10.2. The first-order valence-corrected chi connectivity index (χ1v) is 5.73. The minimum Gasteiger partial charge on any atom is -0.496 e. The second-order valence-corrected chi connectivity index (χ2v) is 3.84. The number of nitrogens with one attached hydrogen (secondary N) is 1. The Labute approximate surface area is 110 Å². The van der Waals surface area contributed by atoms with Crippen LogP contribution in [0.25, 0.3) is 0 Å². The Kier molecular flexibility index (Phi) is 4.07. The zero-order chi connectivity index (χ0) is 13.7. The number of nitrogens with zero attached hydrogens (tertiary/aromatic N) is 1. The quantitative estimate of drug-likeness (QED) is 0.857. The minimum atomic E-state index is -0.778. The van der Waals surface area contributed by atoms with Crippen LogP contribution in [-0.2, 0) is 6.54 Å². The van der Waals surface area contributed by atoms with Crippen molar-refractivity contribution in [3.05, 3.63) is 59.7 Å². The summed E-state index contributed by atoms with van der Waals surface area (Å²) in [5.74, 6) is -0.606. The molecule has 0 bridgehead atoms. The fraction of sp³-hybridized carbons (Fsp3) is 0.143. The molecule has 2 rings (SSSR count). The lowest BCUT2D eigenvalue weighted by atomic mass is 10.2. The highest BCUT2D eigenvalue weighted by Crippen LogP contribution is 2.16. The van der Waals surface area contributed by atoms with Crippen LogP contribution < -0.4 is 10.1 Å². The summed E-state index contributed by atoms with van der Waals surface area (Å²) in [6.07, 6.45) is 1.30. The largest absolute Gasteiger partial charge is 0.496 e. The van der Waals surface area contributed by atoms with Gasteiger partial charge in [-0.05, 0) is 18.2 Å². The molecule has 1 aromatic heterocycles. The van der Waals surface area contributed by atoms with E-state index < -0.39 is 11.9 Å². The number of halogens is 1. The second kappa shape index (κ2) is 5.95. The number of para-hydroxylation sites is 1. The fourth-order valence-electron chi connectivity index (χ4n) is 1.68. The molecule has 5 heteroatoms. The van der Waals surface area contributed by atoms with E-state index in [0.29, 0.717) is 5.75 Å². The number of hydrogen-bond donors (Lipinski definition) is 1. The molecule has 0 fully saturated rings.